The molecule has 0 fully saturated rings. The normalized spacial score (nSPS) is 11.8. The fourth-order valence-electron chi connectivity index (χ4n) is 4.32. The van der Waals surface area contributed by atoms with E-state index in [9.17, 15) is 22.4 Å². The van der Waals surface area contributed by atoms with Crippen LogP contribution in [0.4, 0.5) is 10.1 Å². The van der Waals surface area contributed by atoms with E-state index in [1.54, 1.807) is 38.1 Å². The number of nitrogens with one attached hydrogen (secondary N) is 1. The number of hydrogen-bond acceptors (Lipinski definition) is 6. The third-order valence-electron chi connectivity index (χ3n) is 6.34. The first kappa shape index (κ1) is 31.4. The number of amides is 2. The van der Waals surface area contributed by atoms with Crippen LogP contribution in [-0.4, -0.2) is 58.0 Å². The number of anilines is 1. The standard InChI is InChI=1S/C30H36FN3O6S/c1-5-28(30(36)32-6-2)33(20-22-9-8-10-26(19-22)39-4)29(35)21-34(24-13-11-23(31)12-14-24)41(37,38)27-17-15-25(16-18-27)40-7-3/h8-19,28H,5-7,20-21H2,1-4H3,(H,32,36)/t28-/m0/s1. The third kappa shape index (κ3) is 7.97. The zero-order valence-corrected chi connectivity index (χ0v) is 24.5. The lowest BCUT2D eigenvalue weighted by atomic mass is 10.1. The molecule has 1 atom stereocenters. The molecule has 9 nitrogen and oxygen atoms in total. The molecule has 0 aromatic heterocycles. The summed E-state index contributed by atoms with van der Waals surface area (Å²) in [5, 5.41) is 2.76. The summed E-state index contributed by atoms with van der Waals surface area (Å²) in [4.78, 5) is 28.3. The Labute approximate surface area is 240 Å². The second kappa shape index (κ2) is 14.5. The first-order chi connectivity index (χ1) is 19.6. The van der Waals surface area contributed by atoms with E-state index >= 15 is 0 Å². The Hall–Kier alpha value is -4.12. The van der Waals surface area contributed by atoms with Crippen molar-refractivity contribution in [2.24, 2.45) is 0 Å². The highest BCUT2D eigenvalue weighted by molar-refractivity contribution is 7.92. The van der Waals surface area contributed by atoms with Gasteiger partial charge in [0.15, 0.2) is 0 Å². The molecule has 0 unspecified atom stereocenters. The van der Waals surface area contributed by atoms with Crippen LogP contribution in [0.25, 0.3) is 0 Å². The van der Waals surface area contributed by atoms with E-state index in [4.69, 9.17) is 9.47 Å². The fraction of sp³-hybridized carbons (Fsp3) is 0.333. The molecule has 0 aliphatic rings. The maximum atomic E-state index is 14.0. The largest absolute Gasteiger partial charge is 0.497 e. The monoisotopic (exact) mass is 585 g/mol. The quantitative estimate of drug-likeness (QED) is 0.301. The Morgan fingerprint density at radius 3 is 2.22 bits per heavy atom. The van der Waals surface area contributed by atoms with Crippen molar-refractivity contribution in [3.63, 3.8) is 0 Å². The summed E-state index contributed by atoms with van der Waals surface area (Å²) >= 11 is 0. The summed E-state index contributed by atoms with van der Waals surface area (Å²) in [5.74, 6) is -0.445. The summed E-state index contributed by atoms with van der Waals surface area (Å²) < 4.78 is 53.2. The first-order valence-corrected chi connectivity index (χ1v) is 14.8. The molecule has 1 N–H and O–H groups in total. The molecule has 3 aromatic carbocycles. The minimum atomic E-state index is -4.29. The van der Waals surface area contributed by atoms with Gasteiger partial charge in [0, 0.05) is 13.1 Å². The molecule has 0 heterocycles. The second-order valence-corrected chi connectivity index (χ2v) is 10.9. The lowest BCUT2D eigenvalue weighted by Gasteiger charge is -2.33. The van der Waals surface area contributed by atoms with Crippen LogP contribution in [0.2, 0.25) is 0 Å². The van der Waals surface area contributed by atoms with Crippen molar-refractivity contribution in [2.75, 3.05) is 31.1 Å². The van der Waals surface area contributed by atoms with Gasteiger partial charge in [-0.25, -0.2) is 12.8 Å². The van der Waals surface area contributed by atoms with Gasteiger partial charge in [0.25, 0.3) is 10.0 Å². The number of halogens is 1. The van der Waals surface area contributed by atoms with E-state index in [0.29, 0.717) is 36.6 Å². The average molecular weight is 586 g/mol. The number of carbonyl (C=O) groups excluding carboxylic acids is 2. The molecular formula is C30H36FN3O6S. The molecular weight excluding hydrogens is 549 g/mol. The van der Waals surface area contributed by atoms with Crippen LogP contribution in [0.15, 0.2) is 77.7 Å². The van der Waals surface area contributed by atoms with Gasteiger partial charge in [-0.15, -0.1) is 0 Å². The maximum Gasteiger partial charge on any atom is 0.264 e. The number of likely N-dealkylation sites (N-methyl/N-ethyl adjacent to an activating group) is 1. The van der Waals surface area contributed by atoms with Gasteiger partial charge in [-0.3, -0.25) is 13.9 Å². The van der Waals surface area contributed by atoms with Crippen LogP contribution in [0.1, 0.15) is 32.8 Å². The molecule has 0 bridgehead atoms. The van der Waals surface area contributed by atoms with E-state index in [1.807, 2.05) is 6.92 Å². The van der Waals surface area contributed by atoms with Crippen LogP contribution in [0, 0.1) is 5.82 Å². The molecule has 0 aliphatic heterocycles. The maximum absolute atomic E-state index is 14.0. The van der Waals surface area contributed by atoms with Crippen molar-refractivity contribution in [1.82, 2.24) is 10.2 Å². The summed E-state index contributed by atoms with van der Waals surface area (Å²) in [5.41, 5.74) is 0.796. The molecule has 3 aromatic rings. The SMILES string of the molecule is CCNC(=O)[C@H](CC)N(Cc1cccc(OC)c1)C(=O)CN(c1ccc(F)cc1)S(=O)(=O)c1ccc(OCC)cc1. The highest BCUT2D eigenvalue weighted by Crippen LogP contribution is 2.27. The smallest absolute Gasteiger partial charge is 0.264 e. The average Bonchev–Trinajstić information content (AvgIpc) is 2.97. The van der Waals surface area contributed by atoms with Crippen LogP contribution in [-0.2, 0) is 26.2 Å². The Morgan fingerprint density at radius 1 is 0.951 bits per heavy atom. The second-order valence-electron chi connectivity index (χ2n) is 9.08. The van der Waals surface area contributed by atoms with Gasteiger partial charge in [0.2, 0.25) is 11.8 Å². The van der Waals surface area contributed by atoms with Crippen molar-refractivity contribution in [3.8, 4) is 11.5 Å². The number of rotatable bonds is 14. The van der Waals surface area contributed by atoms with E-state index in [1.165, 1.54) is 48.4 Å². The molecule has 0 radical (unpaired) electrons. The number of ether oxygens (including phenoxy) is 2. The van der Waals surface area contributed by atoms with Gasteiger partial charge in [-0.1, -0.05) is 19.1 Å². The molecule has 2 amide bonds. The third-order valence-corrected chi connectivity index (χ3v) is 8.13. The molecule has 0 aliphatic carbocycles. The Kier molecular flexibility index (Phi) is 11.1. The van der Waals surface area contributed by atoms with Gasteiger partial charge in [-0.05, 0) is 86.5 Å². The van der Waals surface area contributed by atoms with Crippen molar-refractivity contribution in [2.45, 2.75) is 44.7 Å². The van der Waals surface area contributed by atoms with E-state index in [-0.39, 0.29) is 23.0 Å². The number of hydrogen-bond donors (Lipinski definition) is 1. The highest BCUT2D eigenvalue weighted by Gasteiger charge is 2.33. The Morgan fingerprint density at radius 2 is 1.63 bits per heavy atom. The van der Waals surface area contributed by atoms with E-state index in [0.717, 1.165) is 16.4 Å². The number of methoxy groups -OCH3 is 1. The Bertz CT molecular complexity index is 1410. The van der Waals surface area contributed by atoms with E-state index < -0.39 is 34.3 Å². The van der Waals surface area contributed by atoms with Crippen molar-refractivity contribution < 1.29 is 31.9 Å². The van der Waals surface area contributed by atoms with Crippen molar-refractivity contribution in [1.29, 1.82) is 0 Å². The van der Waals surface area contributed by atoms with Crippen LogP contribution in [0.3, 0.4) is 0 Å². The highest BCUT2D eigenvalue weighted by atomic mass is 32.2. The topological polar surface area (TPSA) is 105 Å². The minimum absolute atomic E-state index is 0.0338. The van der Waals surface area contributed by atoms with Gasteiger partial charge >= 0.3 is 0 Å². The molecule has 3 rings (SSSR count). The van der Waals surface area contributed by atoms with Gasteiger partial charge < -0.3 is 19.7 Å². The van der Waals surface area contributed by atoms with Gasteiger partial charge in [0.1, 0.15) is 29.9 Å². The first-order valence-electron chi connectivity index (χ1n) is 13.4. The summed E-state index contributed by atoms with van der Waals surface area (Å²) in [7, 11) is -2.76. The van der Waals surface area contributed by atoms with Crippen molar-refractivity contribution >= 4 is 27.5 Å². The predicted octanol–water partition coefficient (Wildman–Crippen LogP) is 4.37. The predicted molar refractivity (Wildman–Crippen MR) is 155 cm³/mol. The zero-order chi connectivity index (χ0) is 30.0. The molecule has 0 saturated heterocycles. The lowest BCUT2D eigenvalue weighted by Crippen LogP contribution is -2.52. The molecule has 0 saturated carbocycles. The molecule has 11 heteroatoms. The van der Waals surface area contributed by atoms with Crippen LogP contribution >= 0.6 is 0 Å². The van der Waals surface area contributed by atoms with Gasteiger partial charge in [0.05, 0.1) is 24.3 Å². The summed E-state index contributed by atoms with van der Waals surface area (Å²) in [6.45, 7) is 5.56. The number of sulfonamides is 1. The van der Waals surface area contributed by atoms with Crippen molar-refractivity contribution in [3.05, 3.63) is 84.2 Å². The van der Waals surface area contributed by atoms with Crippen LogP contribution < -0.4 is 19.1 Å². The molecule has 41 heavy (non-hydrogen) atoms. The fourth-order valence-corrected chi connectivity index (χ4v) is 5.73. The molecule has 0 spiro atoms. The zero-order valence-electron chi connectivity index (χ0n) is 23.7. The number of nitrogens with zero attached hydrogens (tertiary/aromatic N) is 2. The number of carbonyl (C=O) groups is 2. The van der Waals surface area contributed by atoms with E-state index in [2.05, 4.69) is 5.32 Å². The number of benzene rings is 3. The van der Waals surface area contributed by atoms with Gasteiger partial charge in [-0.2, -0.15) is 0 Å². The summed E-state index contributed by atoms with van der Waals surface area (Å²) in [6, 6.07) is 16.9. The molecule has 220 valence electrons. The minimum Gasteiger partial charge on any atom is -0.497 e. The van der Waals surface area contributed by atoms with Crippen LogP contribution in [0.5, 0.6) is 11.5 Å². The summed E-state index contributed by atoms with van der Waals surface area (Å²) in [6.07, 6.45) is 0.295. The lowest BCUT2D eigenvalue weighted by molar-refractivity contribution is -0.140. The Balaban J connectivity index is 2.05.